The average molecular weight is 344 g/mol. The number of halogens is 3. The molecule has 132 valence electrons. The number of rotatable bonds is 4. The number of para-hydroxylation sites is 1. The van der Waals surface area contributed by atoms with Gasteiger partial charge in [-0.3, -0.25) is 9.59 Å². The van der Waals surface area contributed by atoms with E-state index in [1.807, 2.05) is 0 Å². The zero-order valence-corrected chi connectivity index (χ0v) is 13.0. The van der Waals surface area contributed by atoms with E-state index >= 15 is 0 Å². The second-order valence-electron chi connectivity index (χ2n) is 5.84. The number of carbonyl (C=O) groups is 2. The lowest BCUT2D eigenvalue weighted by Gasteiger charge is -2.32. The average Bonchev–Trinajstić information content (AvgIpc) is 2.54. The monoisotopic (exact) mass is 344 g/mol. The Hall–Kier alpha value is -2.25. The van der Waals surface area contributed by atoms with Gasteiger partial charge in [0.15, 0.2) is 0 Å². The highest BCUT2D eigenvalue weighted by atomic mass is 19.4. The second kappa shape index (κ2) is 7.55. The van der Waals surface area contributed by atoms with Crippen molar-refractivity contribution in [2.45, 2.75) is 25.4 Å². The molecule has 0 spiro atoms. The van der Waals surface area contributed by atoms with E-state index in [0.717, 1.165) is 4.90 Å². The van der Waals surface area contributed by atoms with Gasteiger partial charge in [0.05, 0.1) is 6.42 Å². The first-order valence-electron chi connectivity index (χ1n) is 7.67. The van der Waals surface area contributed by atoms with Crippen LogP contribution in [-0.4, -0.2) is 47.6 Å². The van der Waals surface area contributed by atoms with Crippen molar-refractivity contribution in [2.24, 2.45) is 5.92 Å². The van der Waals surface area contributed by atoms with E-state index in [2.05, 4.69) is 5.32 Å². The Labute approximate surface area is 137 Å². The maximum atomic E-state index is 12.4. The SMILES string of the molecule is O=C(Cc1ccccc1O)NCC1CCN(C(=O)C(F)(F)F)CC1. The maximum absolute atomic E-state index is 12.4. The molecule has 1 heterocycles. The van der Waals surface area contributed by atoms with Crippen LogP contribution in [0.1, 0.15) is 18.4 Å². The predicted octanol–water partition coefficient (Wildman–Crippen LogP) is 1.85. The number of phenolic OH excluding ortho intramolecular Hbond substituents is 1. The first kappa shape index (κ1) is 18.1. The van der Waals surface area contributed by atoms with Crippen LogP contribution >= 0.6 is 0 Å². The van der Waals surface area contributed by atoms with E-state index in [1.54, 1.807) is 18.2 Å². The van der Waals surface area contributed by atoms with Crippen molar-refractivity contribution >= 4 is 11.8 Å². The van der Waals surface area contributed by atoms with Gasteiger partial charge in [0, 0.05) is 25.2 Å². The largest absolute Gasteiger partial charge is 0.508 e. The van der Waals surface area contributed by atoms with Crippen LogP contribution in [0.3, 0.4) is 0 Å². The molecule has 1 fully saturated rings. The van der Waals surface area contributed by atoms with Gasteiger partial charge in [-0.25, -0.2) is 0 Å². The smallest absolute Gasteiger partial charge is 0.471 e. The van der Waals surface area contributed by atoms with Crippen LogP contribution in [0.2, 0.25) is 0 Å². The van der Waals surface area contributed by atoms with E-state index in [1.165, 1.54) is 6.07 Å². The molecule has 0 bridgehead atoms. The van der Waals surface area contributed by atoms with Gasteiger partial charge in [0.2, 0.25) is 5.91 Å². The molecular weight excluding hydrogens is 325 g/mol. The number of likely N-dealkylation sites (tertiary alicyclic amines) is 1. The number of amides is 2. The number of hydrogen-bond acceptors (Lipinski definition) is 3. The van der Waals surface area contributed by atoms with Crippen molar-refractivity contribution in [2.75, 3.05) is 19.6 Å². The summed E-state index contributed by atoms with van der Waals surface area (Å²) >= 11 is 0. The second-order valence-corrected chi connectivity index (χ2v) is 5.84. The van der Waals surface area contributed by atoms with Crippen molar-refractivity contribution in [3.63, 3.8) is 0 Å². The molecule has 24 heavy (non-hydrogen) atoms. The Morgan fingerprint density at radius 2 is 1.83 bits per heavy atom. The Kier molecular flexibility index (Phi) is 5.69. The summed E-state index contributed by atoms with van der Waals surface area (Å²) in [6, 6.07) is 6.52. The van der Waals surface area contributed by atoms with Gasteiger partial charge in [0.25, 0.3) is 0 Å². The first-order chi connectivity index (χ1) is 11.3. The molecule has 5 nitrogen and oxygen atoms in total. The third kappa shape index (κ3) is 4.87. The molecule has 2 rings (SSSR count). The first-order valence-corrected chi connectivity index (χ1v) is 7.67. The summed E-state index contributed by atoms with van der Waals surface area (Å²) in [6.45, 7) is 0.428. The third-order valence-corrected chi connectivity index (χ3v) is 4.07. The zero-order chi connectivity index (χ0) is 17.7. The van der Waals surface area contributed by atoms with E-state index < -0.39 is 12.1 Å². The minimum atomic E-state index is -4.83. The molecule has 8 heteroatoms. The Morgan fingerprint density at radius 3 is 2.42 bits per heavy atom. The van der Waals surface area contributed by atoms with Gasteiger partial charge in [-0.2, -0.15) is 13.2 Å². The Morgan fingerprint density at radius 1 is 1.21 bits per heavy atom. The third-order valence-electron chi connectivity index (χ3n) is 4.07. The van der Waals surface area contributed by atoms with Crippen LogP contribution in [0.4, 0.5) is 13.2 Å². The predicted molar refractivity (Wildman–Crippen MR) is 80.2 cm³/mol. The maximum Gasteiger partial charge on any atom is 0.471 e. The van der Waals surface area contributed by atoms with E-state index in [-0.39, 0.29) is 37.1 Å². The van der Waals surface area contributed by atoms with Crippen LogP contribution < -0.4 is 5.32 Å². The van der Waals surface area contributed by atoms with Gasteiger partial charge in [0.1, 0.15) is 5.75 Å². The molecule has 0 aliphatic carbocycles. The molecule has 1 aliphatic rings. The molecule has 0 unspecified atom stereocenters. The molecule has 1 aromatic rings. The zero-order valence-electron chi connectivity index (χ0n) is 13.0. The fourth-order valence-corrected chi connectivity index (χ4v) is 2.67. The number of piperidine rings is 1. The van der Waals surface area contributed by atoms with E-state index in [9.17, 15) is 27.9 Å². The van der Waals surface area contributed by atoms with Gasteiger partial charge in [-0.1, -0.05) is 18.2 Å². The lowest BCUT2D eigenvalue weighted by molar-refractivity contribution is -0.186. The molecule has 1 aliphatic heterocycles. The highest BCUT2D eigenvalue weighted by Gasteiger charge is 2.43. The number of hydrogen-bond donors (Lipinski definition) is 2. The van der Waals surface area contributed by atoms with Gasteiger partial charge < -0.3 is 15.3 Å². The minimum absolute atomic E-state index is 0.0376. The number of nitrogens with zero attached hydrogens (tertiary/aromatic N) is 1. The highest BCUT2D eigenvalue weighted by Crippen LogP contribution is 2.23. The molecule has 1 saturated heterocycles. The molecule has 1 aromatic carbocycles. The number of aromatic hydroxyl groups is 1. The molecule has 0 atom stereocenters. The standard InChI is InChI=1S/C16H19F3N2O3/c17-16(18,19)15(24)21-7-5-11(6-8-21)10-20-14(23)9-12-3-1-2-4-13(12)22/h1-4,11,22H,5-10H2,(H,20,23). The molecular formula is C16H19F3N2O3. The summed E-state index contributed by atoms with van der Waals surface area (Å²) in [5, 5.41) is 12.3. The number of nitrogens with one attached hydrogen (secondary N) is 1. The Balaban J connectivity index is 1.74. The Bertz CT molecular complexity index is 596. The lowest BCUT2D eigenvalue weighted by atomic mass is 9.96. The van der Waals surface area contributed by atoms with Gasteiger partial charge >= 0.3 is 12.1 Å². The van der Waals surface area contributed by atoms with Crippen LogP contribution in [0.5, 0.6) is 5.75 Å². The van der Waals surface area contributed by atoms with Crippen LogP contribution in [0.25, 0.3) is 0 Å². The van der Waals surface area contributed by atoms with Crippen molar-refractivity contribution in [3.8, 4) is 5.75 Å². The quantitative estimate of drug-likeness (QED) is 0.876. The van der Waals surface area contributed by atoms with Crippen molar-refractivity contribution < 1.29 is 27.9 Å². The van der Waals surface area contributed by atoms with Gasteiger partial charge in [-0.05, 0) is 24.8 Å². The summed E-state index contributed by atoms with van der Waals surface area (Å²) in [5.41, 5.74) is 0.514. The summed E-state index contributed by atoms with van der Waals surface area (Å²) in [7, 11) is 0. The fraction of sp³-hybridized carbons (Fsp3) is 0.500. The number of phenols is 1. The van der Waals surface area contributed by atoms with Crippen LogP contribution in [-0.2, 0) is 16.0 Å². The van der Waals surface area contributed by atoms with E-state index in [4.69, 9.17) is 0 Å². The van der Waals surface area contributed by atoms with Crippen molar-refractivity contribution in [3.05, 3.63) is 29.8 Å². The topological polar surface area (TPSA) is 69.6 Å². The van der Waals surface area contributed by atoms with Crippen molar-refractivity contribution in [1.29, 1.82) is 0 Å². The van der Waals surface area contributed by atoms with Gasteiger partial charge in [-0.15, -0.1) is 0 Å². The normalized spacial score (nSPS) is 16.0. The van der Waals surface area contributed by atoms with Crippen molar-refractivity contribution in [1.82, 2.24) is 10.2 Å². The summed E-state index contributed by atoms with van der Waals surface area (Å²) in [6.07, 6.45) is -3.96. The number of carbonyl (C=O) groups excluding carboxylic acids is 2. The molecule has 0 aromatic heterocycles. The van der Waals surface area contributed by atoms with Crippen LogP contribution in [0.15, 0.2) is 24.3 Å². The molecule has 0 radical (unpaired) electrons. The summed E-state index contributed by atoms with van der Waals surface area (Å²) < 4.78 is 37.1. The highest BCUT2D eigenvalue weighted by molar-refractivity contribution is 5.82. The number of alkyl halides is 3. The van der Waals surface area contributed by atoms with Crippen LogP contribution in [0, 0.1) is 5.92 Å². The molecule has 0 saturated carbocycles. The molecule has 2 N–H and O–H groups in total. The summed E-state index contributed by atoms with van der Waals surface area (Å²) in [4.78, 5) is 23.8. The van der Waals surface area contributed by atoms with E-state index in [0.29, 0.717) is 24.9 Å². The number of benzene rings is 1. The fourth-order valence-electron chi connectivity index (χ4n) is 2.67. The minimum Gasteiger partial charge on any atom is -0.508 e. The lowest BCUT2D eigenvalue weighted by Crippen LogP contribution is -2.46. The molecule has 2 amide bonds. The summed E-state index contributed by atoms with van der Waals surface area (Å²) in [5.74, 6) is -1.97.